The molecule has 118 valence electrons. The van der Waals surface area contributed by atoms with E-state index in [1.165, 1.54) is 32.1 Å². The summed E-state index contributed by atoms with van der Waals surface area (Å²) in [6.45, 7) is 3.85. The van der Waals surface area contributed by atoms with E-state index in [9.17, 15) is 0 Å². The summed E-state index contributed by atoms with van der Waals surface area (Å²) in [5.41, 5.74) is 7.33. The molecule has 2 rings (SSSR count). The number of nitrogens with two attached hydrogens (primary N) is 1. The van der Waals surface area contributed by atoms with Gasteiger partial charge in [-0.1, -0.05) is 19.4 Å². The van der Waals surface area contributed by atoms with E-state index < -0.39 is 0 Å². The molecule has 1 aliphatic rings. The monoisotopic (exact) mass is 291 g/mol. The number of rotatable bonds is 6. The van der Waals surface area contributed by atoms with Gasteiger partial charge in [0, 0.05) is 24.7 Å². The molecule has 0 saturated heterocycles. The van der Waals surface area contributed by atoms with E-state index in [2.05, 4.69) is 29.9 Å². The maximum Gasteiger partial charge on any atom is 0.213 e. The van der Waals surface area contributed by atoms with Crippen LogP contribution in [0, 0.1) is 5.92 Å². The van der Waals surface area contributed by atoms with E-state index in [0.717, 1.165) is 24.7 Å². The quantitative estimate of drug-likeness (QED) is 0.875. The highest BCUT2D eigenvalue weighted by atomic mass is 16.5. The number of hydrogen-bond donors (Lipinski definition) is 1. The summed E-state index contributed by atoms with van der Waals surface area (Å²) >= 11 is 0. The summed E-state index contributed by atoms with van der Waals surface area (Å²) in [5.74, 6) is 1.56. The average molecular weight is 291 g/mol. The minimum absolute atomic E-state index is 0.135. The van der Waals surface area contributed by atoms with Gasteiger partial charge in [0.2, 0.25) is 5.88 Å². The fourth-order valence-corrected chi connectivity index (χ4v) is 3.43. The number of hydrogen-bond acceptors (Lipinski definition) is 4. The van der Waals surface area contributed by atoms with Crippen LogP contribution in [0.5, 0.6) is 5.88 Å². The molecule has 4 heteroatoms. The molecule has 21 heavy (non-hydrogen) atoms. The summed E-state index contributed by atoms with van der Waals surface area (Å²) in [6, 6.07) is 5.94. The molecule has 1 heterocycles. The van der Waals surface area contributed by atoms with Crippen molar-refractivity contribution >= 4 is 0 Å². The molecule has 1 aromatic heterocycles. The van der Waals surface area contributed by atoms with Gasteiger partial charge in [0.05, 0.1) is 12.8 Å². The number of pyridine rings is 1. The first-order valence-corrected chi connectivity index (χ1v) is 8.04. The van der Waals surface area contributed by atoms with Crippen molar-refractivity contribution in [3.05, 3.63) is 23.9 Å². The Morgan fingerprint density at radius 3 is 2.67 bits per heavy atom. The molecule has 0 aliphatic heterocycles. The first-order chi connectivity index (χ1) is 10.1. The van der Waals surface area contributed by atoms with Crippen molar-refractivity contribution in [1.82, 2.24) is 9.88 Å². The molecule has 4 nitrogen and oxygen atoms in total. The van der Waals surface area contributed by atoms with Crippen LogP contribution < -0.4 is 10.5 Å². The molecule has 1 aromatic rings. The second-order valence-corrected chi connectivity index (χ2v) is 6.31. The van der Waals surface area contributed by atoms with Gasteiger partial charge in [0.15, 0.2) is 0 Å². The van der Waals surface area contributed by atoms with Gasteiger partial charge < -0.3 is 10.5 Å². The average Bonchev–Trinajstić information content (AvgIpc) is 2.55. The van der Waals surface area contributed by atoms with Gasteiger partial charge in [-0.3, -0.25) is 4.90 Å². The maximum absolute atomic E-state index is 6.15. The van der Waals surface area contributed by atoms with Gasteiger partial charge in [-0.25, -0.2) is 4.98 Å². The van der Waals surface area contributed by atoms with Crippen LogP contribution >= 0.6 is 0 Å². The first kappa shape index (κ1) is 16.2. The van der Waals surface area contributed by atoms with Gasteiger partial charge in [0.1, 0.15) is 0 Å². The molecule has 1 fully saturated rings. The molecule has 0 spiro atoms. The van der Waals surface area contributed by atoms with Crippen molar-refractivity contribution in [3.63, 3.8) is 0 Å². The summed E-state index contributed by atoms with van der Waals surface area (Å²) in [4.78, 5) is 6.92. The van der Waals surface area contributed by atoms with Crippen molar-refractivity contribution in [2.24, 2.45) is 11.7 Å². The van der Waals surface area contributed by atoms with Gasteiger partial charge in [0.25, 0.3) is 0 Å². The third kappa shape index (κ3) is 3.74. The summed E-state index contributed by atoms with van der Waals surface area (Å²) < 4.78 is 5.21. The Hall–Kier alpha value is -1.13. The predicted octanol–water partition coefficient (Wildman–Crippen LogP) is 2.82. The van der Waals surface area contributed by atoms with Crippen LogP contribution in [0.3, 0.4) is 0 Å². The molecule has 2 N–H and O–H groups in total. The lowest BCUT2D eigenvalue weighted by Crippen LogP contribution is -2.53. The Kier molecular flexibility index (Phi) is 5.59. The SMILES string of the molecule is CCC1CCC(CN)(N(C)Cc2cccc(OC)n2)CC1. The van der Waals surface area contributed by atoms with Gasteiger partial charge in [-0.15, -0.1) is 0 Å². The molecular formula is C17H29N3O. The zero-order valence-electron chi connectivity index (χ0n) is 13.6. The topological polar surface area (TPSA) is 51.4 Å². The second kappa shape index (κ2) is 7.23. The van der Waals surface area contributed by atoms with E-state index >= 15 is 0 Å². The highest BCUT2D eigenvalue weighted by Gasteiger charge is 2.37. The Balaban J connectivity index is 2.04. The van der Waals surface area contributed by atoms with Gasteiger partial charge in [-0.05, 0) is 44.7 Å². The molecule has 0 atom stereocenters. The number of methoxy groups -OCH3 is 1. The van der Waals surface area contributed by atoms with E-state index in [1.54, 1.807) is 7.11 Å². The van der Waals surface area contributed by atoms with Crippen LogP contribution in [0.25, 0.3) is 0 Å². The largest absolute Gasteiger partial charge is 0.481 e. The predicted molar refractivity (Wildman–Crippen MR) is 86.3 cm³/mol. The zero-order valence-corrected chi connectivity index (χ0v) is 13.6. The van der Waals surface area contributed by atoms with E-state index in [1.807, 2.05) is 12.1 Å². The molecule has 0 radical (unpaired) electrons. The van der Waals surface area contributed by atoms with Crippen molar-refractivity contribution in [3.8, 4) is 5.88 Å². The minimum Gasteiger partial charge on any atom is -0.481 e. The third-order valence-electron chi connectivity index (χ3n) is 5.19. The molecule has 1 aliphatic carbocycles. The molecule has 0 unspecified atom stereocenters. The molecule has 0 aromatic carbocycles. The fraction of sp³-hybridized carbons (Fsp3) is 0.706. The second-order valence-electron chi connectivity index (χ2n) is 6.31. The Bertz CT molecular complexity index is 441. The van der Waals surface area contributed by atoms with Crippen LogP contribution in [0.15, 0.2) is 18.2 Å². The van der Waals surface area contributed by atoms with Crippen LogP contribution in [0.1, 0.15) is 44.7 Å². The van der Waals surface area contributed by atoms with E-state index in [0.29, 0.717) is 5.88 Å². The zero-order chi connectivity index (χ0) is 15.3. The number of likely N-dealkylation sites (N-methyl/N-ethyl adjacent to an activating group) is 1. The number of nitrogens with zero attached hydrogens (tertiary/aromatic N) is 2. The maximum atomic E-state index is 6.15. The van der Waals surface area contributed by atoms with Crippen LogP contribution in [0.2, 0.25) is 0 Å². The number of ether oxygens (including phenoxy) is 1. The summed E-state index contributed by atoms with van der Waals surface area (Å²) in [6.07, 6.45) is 6.28. The normalized spacial score (nSPS) is 26.0. The highest BCUT2D eigenvalue weighted by molar-refractivity contribution is 5.16. The summed E-state index contributed by atoms with van der Waals surface area (Å²) in [5, 5.41) is 0. The Morgan fingerprint density at radius 2 is 2.10 bits per heavy atom. The first-order valence-electron chi connectivity index (χ1n) is 8.04. The van der Waals surface area contributed by atoms with Crippen molar-refractivity contribution < 1.29 is 4.74 Å². The summed E-state index contributed by atoms with van der Waals surface area (Å²) in [7, 11) is 3.84. The van der Waals surface area contributed by atoms with Crippen LogP contribution in [0.4, 0.5) is 0 Å². The van der Waals surface area contributed by atoms with Crippen molar-refractivity contribution in [2.45, 2.75) is 51.1 Å². The lowest BCUT2D eigenvalue weighted by Gasteiger charge is -2.46. The molecular weight excluding hydrogens is 262 g/mol. The van der Waals surface area contributed by atoms with Crippen LogP contribution in [-0.2, 0) is 6.54 Å². The lowest BCUT2D eigenvalue weighted by atomic mass is 9.74. The van der Waals surface area contributed by atoms with Gasteiger partial charge >= 0.3 is 0 Å². The van der Waals surface area contributed by atoms with Crippen LogP contribution in [-0.4, -0.2) is 36.1 Å². The van der Waals surface area contributed by atoms with E-state index in [-0.39, 0.29) is 5.54 Å². The number of aromatic nitrogens is 1. The lowest BCUT2D eigenvalue weighted by molar-refractivity contribution is 0.0568. The van der Waals surface area contributed by atoms with Gasteiger partial charge in [-0.2, -0.15) is 0 Å². The van der Waals surface area contributed by atoms with Crippen molar-refractivity contribution in [1.29, 1.82) is 0 Å². The molecule has 0 amide bonds. The highest BCUT2D eigenvalue weighted by Crippen LogP contribution is 2.37. The van der Waals surface area contributed by atoms with E-state index in [4.69, 9.17) is 10.5 Å². The smallest absolute Gasteiger partial charge is 0.213 e. The molecule has 0 bridgehead atoms. The Labute approximate surface area is 128 Å². The standard InChI is InChI=1S/C17H29N3O/c1-4-14-8-10-17(13-18,11-9-14)20(2)12-15-6-5-7-16(19-15)21-3/h5-7,14H,4,8-13,18H2,1-3H3. The third-order valence-corrected chi connectivity index (χ3v) is 5.19. The molecule has 1 saturated carbocycles. The fourth-order valence-electron chi connectivity index (χ4n) is 3.43. The van der Waals surface area contributed by atoms with Crippen molar-refractivity contribution in [2.75, 3.05) is 20.7 Å². The Morgan fingerprint density at radius 1 is 1.38 bits per heavy atom. The minimum atomic E-state index is 0.135.